The molecule has 390 valence electrons. The van der Waals surface area contributed by atoms with Crippen molar-refractivity contribution in [2.24, 2.45) is 0 Å². The van der Waals surface area contributed by atoms with Crippen molar-refractivity contribution in [1.82, 2.24) is 5.32 Å². The molecule has 7 atom stereocenters. The second-order valence-corrected chi connectivity index (χ2v) is 12.9. The molecule has 0 aromatic carbocycles. The Kier molecular flexibility index (Phi) is 19.0. The quantitative estimate of drug-likeness (QED) is 0.0181. The summed E-state index contributed by atoms with van der Waals surface area (Å²) in [5.41, 5.74) is -3.08. The first kappa shape index (κ1) is 62.9. The lowest BCUT2D eigenvalue weighted by Gasteiger charge is -2.44. The molecule has 0 bridgehead atoms. The number of alkyl halides is 29. The van der Waals surface area contributed by atoms with E-state index in [9.17, 15) is 142 Å². The lowest BCUT2D eigenvalue weighted by Crippen LogP contribution is -2.72. The van der Waals surface area contributed by atoms with Gasteiger partial charge in [0.15, 0.2) is 0 Å². The van der Waals surface area contributed by atoms with Gasteiger partial charge in [0.25, 0.3) is 19.8 Å². The van der Waals surface area contributed by atoms with E-state index in [1.54, 1.807) is 4.74 Å². The molecule has 0 aromatic heterocycles. The molecule has 4 N–H and O–H groups in total. The summed E-state index contributed by atoms with van der Waals surface area (Å²) in [4.78, 5) is 25.3. The molecule has 0 saturated carbocycles. The predicted molar refractivity (Wildman–Crippen MR) is 137 cm³/mol. The third-order valence-corrected chi connectivity index (χ3v) is 7.85. The Balaban J connectivity index is 7.19. The van der Waals surface area contributed by atoms with Crippen molar-refractivity contribution in [2.75, 3.05) is 6.54 Å². The monoisotopic (exact) mass is 1090 g/mol. The molecule has 0 fully saturated rings. The highest BCUT2D eigenvalue weighted by molar-refractivity contribution is 7.47. The average Bonchev–Trinajstić information content (AvgIpc) is 3.08. The summed E-state index contributed by atoms with van der Waals surface area (Å²) in [5.74, 6) is -47.2. The van der Waals surface area contributed by atoms with Crippen LogP contribution >= 0.6 is 17.8 Å². The molecule has 0 aromatic rings. The number of halogens is 29. The van der Waals surface area contributed by atoms with Crippen LogP contribution in [0.3, 0.4) is 0 Å². The molecule has 0 heterocycles. The van der Waals surface area contributed by atoms with Gasteiger partial charge in [0.1, 0.15) is 0 Å². The fourth-order valence-corrected chi connectivity index (χ4v) is 4.10. The number of ether oxygens (including phenoxy) is 4. The van der Waals surface area contributed by atoms with Crippen LogP contribution in [0.4, 0.5) is 127 Å². The highest BCUT2D eigenvalue weighted by Crippen LogP contribution is 2.61. The lowest BCUT2D eigenvalue weighted by molar-refractivity contribution is -0.592. The third kappa shape index (κ3) is 12.7. The summed E-state index contributed by atoms with van der Waals surface area (Å²) in [6.07, 6.45) is -81.5. The van der Waals surface area contributed by atoms with E-state index in [-0.39, 0.29) is 0 Å². The second kappa shape index (κ2) is 19.7. The Morgan fingerprint density at radius 3 is 1.17 bits per heavy atom. The van der Waals surface area contributed by atoms with Gasteiger partial charge in [-0.15, -0.1) is 0 Å². The van der Waals surface area contributed by atoms with E-state index in [0.29, 0.717) is 5.32 Å². The first-order valence-corrected chi connectivity index (χ1v) is 16.2. The van der Waals surface area contributed by atoms with E-state index >= 15 is 0 Å². The maximum atomic E-state index is 14.8. The van der Waals surface area contributed by atoms with Crippen LogP contribution in [-0.4, -0.2) is 118 Å². The van der Waals surface area contributed by atoms with E-state index in [0.717, 1.165) is 14.2 Å². The van der Waals surface area contributed by atoms with Gasteiger partial charge >= 0.3 is 84.7 Å². The van der Waals surface area contributed by atoms with Crippen molar-refractivity contribution in [3.63, 3.8) is 0 Å². The van der Waals surface area contributed by atoms with Crippen molar-refractivity contribution in [3.8, 4) is 0 Å². The van der Waals surface area contributed by atoms with Crippen LogP contribution in [0.5, 0.6) is 0 Å². The van der Waals surface area contributed by atoms with E-state index in [2.05, 4.69) is 19.3 Å². The van der Waals surface area contributed by atoms with Crippen LogP contribution in [-0.2, 0) is 43.0 Å². The Morgan fingerprint density at radius 1 is 0.508 bits per heavy atom. The molecule has 7 unspecified atom stereocenters. The summed E-state index contributed by atoms with van der Waals surface area (Å²) < 4.78 is 406. The number of amides is 1. The zero-order chi connectivity index (χ0) is 52.6. The number of rotatable bonds is 24. The largest absolute Gasteiger partial charge is 0.462 e. The molecular formula is C21H16F29NO12P2. The van der Waals surface area contributed by atoms with E-state index in [1.165, 1.54) is 9.47 Å². The van der Waals surface area contributed by atoms with Crippen molar-refractivity contribution in [1.29, 1.82) is 0 Å². The number of hydrogen-bond donors (Lipinski definition) is 4. The topological polar surface area (TPSA) is 164 Å². The number of unbranched alkanes of at least 4 members (excludes halogenated alkanes) is 2. The average molecular weight is 1090 g/mol. The molecule has 0 spiro atoms. The zero-order valence-corrected chi connectivity index (χ0v) is 31.1. The van der Waals surface area contributed by atoms with E-state index in [1.807, 2.05) is 0 Å². The fraction of sp³-hybridized carbons (Fsp3) is 0.952. The number of hydrogen-bond acceptors (Lipinski definition) is 12. The molecule has 0 aliphatic rings. The maximum absolute atomic E-state index is 14.8. The zero-order valence-electron chi connectivity index (χ0n) is 29.0. The molecule has 0 saturated heterocycles. The Bertz CT molecular complexity index is 1580. The fourth-order valence-electron chi connectivity index (χ4n) is 3.49. The Labute approximate surface area is 338 Å². The van der Waals surface area contributed by atoms with Gasteiger partial charge < -0.3 is 15.3 Å². The van der Waals surface area contributed by atoms with Gasteiger partial charge in [0.2, 0.25) is 0 Å². The Hall–Kier alpha value is -2.14. The van der Waals surface area contributed by atoms with Crippen molar-refractivity contribution < 1.29 is 186 Å². The Morgan fingerprint density at radius 2 is 0.862 bits per heavy atom. The molecule has 44 heteroatoms. The minimum atomic E-state index is -9.31. The molecule has 13 nitrogen and oxygen atoms in total. The van der Waals surface area contributed by atoms with Crippen molar-refractivity contribution in [3.05, 3.63) is 0 Å². The standard InChI is InChI=1S/C21H16F29NO12P2/c22-8(13(28,29)30,6(52)51-5-3-1-2-4-7(53,60-62-63-64)65(55)61-54)56-19(45,46)10(25,15(34,35)36)58-21(49,50)12(27,17(40,41)42)59-20(47,48)11(26,16(37,38)39)57-18(43,44)9(23,24)14(31,32)33/h53-55H,1-5,64H2,(H,51,52). The molecule has 1 amide bonds. The van der Waals surface area contributed by atoms with Gasteiger partial charge in [0.05, 0.1) is 0 Å². The third-order valence-electron chi connectivity index (χ3n) is 6.72. The molecular weight excluding hydrogens is 1070 g/mol. The van der Waals surface area contributed by atoms with E-state index < -0.39 is 137 Å². The molecule has 0 aliphatic carbocycles. The van der Waals surface area contributed by atoms with Gasteiger partial charge in [-0.1, -0.05) is 11.5 Å². The van der Waals surface area contributed by atoms with Crippen LogP contribution in [0.25, 0.3) is 0 Å². The predicted octanol–water partition coefficient (Wildman–Crippen LogP) is 9.32. The first-order valence-electron chi connectivity index (χ1n) is 14.6. The summed E-state index contributed by atoms with van der Waals surface area (Å²) in [7, 11) is -2.15. The van der Waals surface area contributed by atoms with Crippen LogP contribution in [0.15, 0.2) is 0 Å². The van der Waals surface area contributed by atoms with Crippen LogP contribution < -0.4 is 5.32 Å². The minimum absolute atomic E-state index is 0.536. The minimum Gasteiger partial charge on any atom is -0.356 e. The van der Waals surface area contributed by atoms with Gasteiger partial charge in [-0.25, -0.2) is 5.26 Å². The SMILES string of the molecule is O=C(NCCCCCC(O)(OOOP)P(O)OO)C(F)(OC(F)(F)C(F)(OC(F)(F)C(F)(OC(F)(F)C(F)(OC(F)(F)C(F)(F)C(F)(F)F)C(F)(F)F)C(F)(F)F)C(F)(F)F)C(F)(F)F. The lowest BCUT2D eigenvalue weighted by atomic mass is 10.1. The highest BCUT2D eigenvalue weighted by Gasteiger charge is 2.90. The van der Waals surface area contributed by atoms with Gasteiger partial charge in [-0.3, -0.25) is 23.7 Å². The first-order chi connectivity index (χ1) is 28.2. The smallest absolute Gasteiger partial charge is 0.356 e. The number of carbonyl (C=O) groups is 1. The summed E-state index contributed by atoms with van der Waals surface area (Å²) in [6.45, 7) is -1.61. The number of carbonyl (C=O) groups excluding carboxylic acids is 1. The van der Waals surface area contributed by atoms with Gasteiger partial charge in [0, 0.05) is 22.4 Å². The summed E-state index contributed by atoms with van der Waals surface area (Å²) in [5, 5.41) is 22.6. The van der Waals surface area contributed by atoms with Crippen LogP contribution in [0, 0.1) is 0 Å². The summed E-state index contributed by atoms with van der Waals surface area (Å²) >= 11 is 0. The number of aliphatic hydroxyl groups is 1. The van der Waals surface area contributed by atoms with Crippen molar-refractivity contribution >= 4 is 23.7 Å². The normalized spacial score (nSPS) is 20.0. The molecule has 65 heavy (non-hydrogen) atoms. The van der Waals surface area contributed by atoms with Crippen LogP contribution in [0.2, 0.25) is 0 Å². The summed E-state index contributed by atoms with van der Waals surface area (Å²) in [6, 6.07) is 0. The van der Waals surface area contributed by atoms with Gasteiger partial charge in [-0.05, 0) is 12.8 Å². The van der Waals surface area contributed by atoms with E-state index in [4.69, 9.17) is 5.26 Å². The van der Waals surface area contributed by atoms with Crippen LogP contribution in [0.1, 0.15) is 25.7 Å². The highest BCUT2D eigenvalue weighted by atomic mass is 31.2. The molecule has 0 rings (SSSR count). The second-order valence-electron chi connectivity index (χ2n) is 11.3. The van der Waals surface area contributed by atoms with Gasteiger partial charge in [-0.2, -0.15) is 142 Å². The maximum Gasteiger partial charge on any atom is 0.462 e. The van der Waals surface area contributed by atoms with Crippen molar-refractivity contribution in [2.45, 2.75) is 116 Å². The molecule has 0 aliphatic heterocycles. The molecule has 0 radical (unpaired) electrons. The number of nitrogens with one attached hydrogen (secondary N) is 1.